The topological polar surface area (TPSA) is 67.4 Å². The van der Waals surface area contributed by atoms with E-state index in [1.165, 1.54) is 5.56 Å². The number of benzene rings is 2. The Labute approximate surface area is 159 Å². The second-order valence-electron chi connectivity index (χ2n) is 7.26. The number of hydrogen-bond acceptors (Lipinski definition) is 4. The number of methoxy groups -OCH3 is 1. The molecule has 1 heterocycles. The molecule has 0 aromatic heterocycles. The zero-order chi connectivity index (χ0) is 18.8. The fraction of sp³-hybridized carbons (Fsp3) is 0.364. The van der Waals surface area contributed by atoms with Gasteiger partial charge >= 0.3 is 0 Å². The minimum absolute atomic E-state index is 0.0257. The highest BCUT2D eigenvalue weighted by Crippen LogP contribution is 2.36. The molecule has 2 aromatic rings. The number of carbonyl (C=O) groups excluding carboxylic acids is 2. The van der Waals surface area contributed by atoms with Gasteiger partial charge in [0.15, 0.2) is 5.78 Å². The predicted molar refractivity (Wildman–Crippen MR) is 103 cm³/mol. The Morgan fingerprint density at radius 2 is 2.00 bits per heavy atom. The normalized spacial score (nSPS) is 24.3. The van der Waals surface area contributed by atoms with E-state index in [4.69, 9.17) is 4.74 Å². The van der Waals surface area contributed by atoms with Crippen molar-refractivity contribution in [2.75, 3.05) is 20.2 Å². The lowest BCUT2D eigenvalue weighted by atomic mass is 9.86. The summed E-state index contributed by atoms with van der Waals surface area (Å²) in [6.45, 7) is 1.71. The Bertz CT molecular complexity index is 850. The van der Waals surface area contributed by atoms with Gasteiger partial charge in [0.05, 0.1) is 13.0 Å². The molecule has 3 atom stereocenters. The summed E-state index contributed by atoms with van der Waals surface area (Å²) in [5, 5.41) is 6.66. The Balaban J connectivity index is 1.55. The van der Waals surface area contributed by atoms with Gasteiger partial charge in [0.25, 0.3) is 0 Å². The third-order valence-electron chi connectivity index (χ3n) is 5.68. The Kier molecular flexibility index (Phi) is 4.94. The number of rotatable bonds is 4. The van der Waals surface area contributed by atoms with E-state index in [0.717, 1.165) is 25.1 Å². The molecule has 3 unspecified atom stereocenters. The molecule has 2 aliphatic rings. The van der Waals surface area contributed by atoms with Gasteiger partial charge in [-0.1, -0.05) is 30.3 Å². The van der Waals surface area contributed by atoms with E-state index in [0.29, 0.717) is 11.3 Å². The van der Waals surface area contributed by atoms with Crippen LogP contribution in [0.3, 0.4) is 0 Å². The number of fused-ring (bicyclic) bond motifs is 1. The highest BCUT2D eigenvalue weighted by Gasteiger charge is 2.37. The highest BCUT2D eigenvalue weighted by molar-refractivity contribution is 6.07. The lowest BCUT2D eigenvalue weighted by Crippen LogP contribution is -2.49. The van der Waals surface area contributed by atoms with E-state index < -0.39 is 5.92 Å². The fourth-order valence-electron chi connectivity index (χ4n) is 4.21. The molecule has 2 aromatic carbocycles. The van der Waals surface area contributed by atoms with E-state index in [2.05, 4.69) is 22.8 Å². The second-order valence-corrected chi connectivity index (χ2v) is 7.26. The zero-order valence-corrected chi connectivity index (χ0v) is 15.4. The summed E-state index contributed by atoms with van der Waals surface area (Å²) in [5.74, 6) is 0.422. The van der Waals surface area contributed by atoms with Crippen LogP contribution in [-0.4, -0.2) is 37.9 Å². The molecule has 2 N–H and O–H groups in total. The summed E-state index contributed by atoms with van der Waals surface area (Å²) < 4.78 is 5.28. The minimum Gasteiger partial charge on any atom is -0.497 e. The van der Waals surface area contributed by atoms with Gasteiger partial charge in [0, 0.05) is 30.5 Å². The molecule has 1 saturated heterocycles. The maximum atomic E-state index is 13.1. The number of piperidine rings is 1. The van der Waals surface area contributed by atoms with Gasteiger partial charge < -0.3 is 15.4 Å². The lowest BCUT2D eigenvalue weighted by molar-refractivity contribution is -0.123. The third kappa shape index (κ3) is 3.47. The molecule has 5 heteroatoms. The van der Waals surface area contributed by atoms with Gasteiger partial charge in [-0.15, -0.1) is 0 Å². The number of Topliss-reactive ketones (excluding diaryl/α,β-unsaturated/α-hetero) is 1. The van der Waals surface area contributed by atoms with Crippen LogP contribution in [0.2, 0.25) is 0 Å². The van der Waals surface area contributed by atoms with Crippen LogP contribution in [0.4, 0.5) is 0 Å². The maximum Gasteiger partial charge on any atom is 0.228 e. The molecule has 0 spiro atoms. The molecule has 140 valence electrons. The largest absolute Gasteiger partial charge is 0.497 e. The molecule has 0 saturated carbocycles. The molecule has 5 nitrogen and oxygen atoms in total. The van der Waals surface area contributed by atoms with Crippen molar-refractivity contribution >= 4 is 11.7 Å². The zero-order valence-electron chi connectivity index (χ0n) is 15.4. The molecule has 1 fully saturated rings. The monoisotopic (exact) mass is 364 g/mol. The van der Waals surface area contributed by atoms with E-state index in [1.54, 1.807) is 19.2 Å². The number of ketones is 1. The van der Waals surface area contributed by atoms with Crippen LogP contribution < -0.4 is 15.4 Å². The van der Waals surface area contributed by atoms with Crippen LogP contribution in [0.5, 0.6) is 5.75 Å². The number of nitrogens with one attached hydrogen (secondary N) is 2. The first kappa shape index (κ1) is 17.7. The van der Waals surface area contributed by atoms with Gasteiger partial charge in [-0.2, -0.15) is 0 Å². The van der Waals surface area contributed by atoms with Crippen LogP contribution in [0.25, 0.3) is 0 Å². The Morgan fingerprint density at radius 3 is 2.78 bits per heavy atom. The van der Waals surface area contributed by atoms with Crippen molar-refractivity contribution < 1.29 is 14.3 Å². The number of carbonyl (C=O) groups is 2. The van der Waals surface area contributed by atoms with Crippen molar-refractivity contribution in [1.29, 1.82) is 0 Å². The number of amides is 1. The van der Waals surface area contributed by atoms with Gasteiger partial charge in [-0.05, 0) is 42.3 Å². The van der Waals surface area contributed by atoms with Crippen molar-refractivity contribution in [2.45, 2.75) is 30.7 Å². The van der Waals surface area contributed by atoms with Crippen molar-refractivity contribution in [3.05, 3.63) is 65.2 Å². The first-order valence-electron chi connectivity index (χ1n) is 9.44. The first-order chi connectivity index (χ1) is 13.2. The molecule has 1 amide bonds. The molecule has 1 aliphatic carbocycles. The van der Waals surface area contributed by atoms with Gasteiger partial charge in [0.2, 0.25) is 5.91 Å². The van der Waals surface area contributed by atoms with Crippen LogP contribution in [0.1, 0.15) is 46.2 Å². The van der Waals surface area contributed by atoms with Crippen molar-refractivity contribution in [2.24, 2.45) is 0 Å². The van der Waals surface area contributed by atoms with E-state index >= 15 is 0 Å². The molecular weight excluding hydrogens is 340 g/mol. The summed E-state index contributed by atoms with van der Waals surface area (Å²) in [4.78, 5) is 25.4. The standard InChI is InChI=1S/C22H24N2O3/c1-27-15-7-8-16-17(11-15)18(12-21(16)25)22(26)24-20-9-10-23-13-19(20)14-5-3-2-4-6-14/h2-8,11,18-20,23H,9-10,12-13H2,1H3,(H,24,26). The first-order valence-corrected chi connectivity index (χ1v) is 9.44. The van der Waals surface area contributed by atoms with Crippen molar-refractivity contribution in [1.82, 2.24) is 10.6 Å². The molecule has 0 radical (unpaired) electrons. The van der Waals surface area contributed by atoms with Crippen LogP contribution >= 0.6 is 0 Å². The summed E-state index contributed by atoms with van der Waals surface area (Å²) in [7, 11) is 1.59. The number of ether oxygens (including phenoxy) is 1. The quantitative estimate of drug-likeness (QED) is 0.875. The predicted octanol–water partition coefficient (Wildman–Crippen LogP) is 2.63. The molecular formula is C22H24N2O3. The average Bonchev–Trinajstić information content (AvgIpc) is 3.05. The molecule has 1 aliphatic heterocycles. The lowest BCUT2D eigenvalue weighted by Gasteiger charge is -2.34. The molecule has 0 bridgehead atoms. The van der Waals surface area contributed by atoms with Crippen LogP contribution in [0, 0.1) is 0 Å². The van der Waals surface area contributed by atoms with Crippen LogP contribution in [0.15, 0.2) is 48.5 Å². The average molecular weight is 364 g/mol. The van der Waals surface area contributed by atoms with E-state index in [9.17, 15) is 9.59 Å². The summed E-state index contributed by atoms with van der Waals surface area (Å²) in [6, 6.07) is 15.7. The molecule has 27 heavy (non-hydrogen) atoms. The van der Waals surface area contributed by atoms with E-state index in [-0.39, 0.29) is 30.1 Å². The summed E-state index contributed by atoms with van der Waals surface area (Å²) in [6.07, 6.45) is 1.10. The summed E-state index contributed by atoms with van der Waals surface area (Å²) >= 11 is 0. The Hall–Kier alpha value is -2.66. The Morgan fingerprint density at radius 1 is 1.19 bits per heavy atom. The van der Waals surface area contributed by atoms with Gasteiger partial charge in [-0.25, -0.2) is 0 Å². The van der Waals surface area contributed by atoms with Gasteiger partial charge in [0.1, 0.15) is 5.75 Å². The smallest absolute Gasteiger partial charge is 0.228 e. The molecule has 4 rings (SSSR count). The SMILES string of the molecule is COc1ccc2c(c1)C(C(=O)NC1CCNCC1c1ccccc1)CC2=O. The summed E-state index contributed by atoms with van der Waals surface area (Å²) in [5.41, 5.74) is 2.64. The minimum atomic E-state index is -0.436. The maximum absolute atomic E-state index is 13.1. The van der Waals surface area contributed by atoms with Gasteiger partial charge in [-0.3, -0.25) is 9.59 Å². The van der Waals surface area contributed by atoms with E-state index in [1.807, 2.05) is 24.3 Å². The van der Waals surface area contributed by atoms with Crippen molar-refractivity contribution in [3.63, 3.8) is 0 Å². The number of hydrogen-bond donors (Lipinski definition) is 2. The van der Waals surface area contributed by atoms with Crippen LogP contribution in [-0.2, 0) is 4.79 Å². The highest BCUT2D eigenvalue weighted by atomic mass is 16.5. The second kappa shape index (κ2) is 7.53. The van der Waals surface area contributed by atoms with Crippen molar-refractivity contribution in [3.8, 4) is 5.75 Å². The fourth-order valence-corrected chi connectivity index (χ4v) is 4.21. The third-order valence-corrected chi connectivity index (χ3v) is 5.68.